The zero-order valence-corrected chi connectivity index (χ0v) is 15.3. The maximum Gasteiger partial charge on any atom is 0.224 e. The van der Waals surface area contributed by atoms with Crippen molar-refractivity contribution in [1.29, 1.82) is 0 Å². The molecule has 0 bridgehead atoms. The van der Waals surface area contributed by atoms with Crippen LogP contribution in [0.2, 0.25) is 0 Å². The van der Waals surface area contributed by atoms with E-state index in [2.05, 4.69) is 6.92 Å². The van der Waals surface area contributed by atoms with Crippen molar-refractivity contribution in [2.45, 2.75) is 45.4 Å². The Labute approximate surface area is 151 Å². The summed E-state index contributed by atoms with van der Waals surface area (Å²) >= 11 is 0. The van der Waals surface area contributed by atoms with Crippen LogP contribution in [0.25, 0.3) is 6.08 Å². The zero-order chi connectivity index (χ0) is 17.9. The molecule has 4 heteroatoms. The van der Waals surface area contributed by atoms with Gasteiger partial charge in [0.25, 0.3) is 0 Å². The lowest BCUT2D eigenvalue weighted by atomic mass is 10.2. The molecular weight excluding hydrogens is 312 g/mol. The van der Waals surface area contributed by atoms with Crippen molar-refractivity contribution in [2.24, 2.45) is 0 Å². The van der Waals surface area contributed by atoms with E-state index in [9.17, 15) is 9.59 Å². The molecule has 1 saturated heterocycles. The maximum atomic E-state index is 12.6. The number of likely N-dealkylation sites (tertiary alicyclic amines) is 1. The highest BCUT2D eigenvalue weighted by Gasteiger charge is 2.19. The van der Waals surface area contributed by atoms with Crippen LogP contribution in [0.3, 0.4) is 0 Å². The summed E-state index contributed by atoms with van der Waals surface area (Å²) in [6, 6.07) is 10.1. The fraction of sp³-hybridized carbons (Fsp3) is 0.524. The second kappa shape index (κ2) is 10.7. The minimum Gasteiger partial charge on any atom is -0.342 e. The predicted octanol–water partition coefficient (Wildman–Crippen LogP) is 3.73. The van der Waals surface area contributed by atoms with Crippen LogP contribution in [0.4, 0.5) is 0 Å². The Morgan fingerprint density at radius 3 is 2.76 bits per heavy atom. The summed E-state index contributed by atoms with van der Waals surface area (Å²) in [5.41, 5.74) is 1.14. The normalized spacial score (nSPS) is 15.4. The standard InChI is InChI=1S/C21H30N2O2/c1-2-15-22(17-9-12-19-10-5-3-6-11-19)21(25)14-18-23-16-8-4-7-13-20(23)24/h3,5-6,9-12H,2,4,7-8,13-18H2,1H3/b12-9+. The van der Waals surface area contributed by atoms with Crippen LogP contribution < -0.4 is 0 Å². The van der Waals surface area contributed by atoms with Crippen molar-refractivity contribution in [2.75, 3.05) is 26.2 Å². The van der Waals surface area contributed by atoms with E-state index in [0.29, 0.717) is 25.9 Å². The van der Waals surface area contributed by atoms with Gasteiger partial charge in [0.1, 0.15) is 0 Å². The van der Waals surface area contributed by atoms with Crippen LogP contribution >= 0.6 is 0 Å². The van der Waals surface area contributed by atoms with E-state index in [1.165, 1.54) is 0 Å². The topological polar surface area (TPSA) is 40.6 Å². The third-order valence-electron chi connectivity index (χ3n) is 4.55. The summed E-state index contributed by atoms with van der Waals surface area (Å²) in [7, 11) is 0. The van der Waals surface area contributed by atoms with Crippen LogP contribution in [0.5, 0.6) is 0 Å². The first-order valence-corrected chi connectivity index (χ1v) is 9.48. The summed E-state index contributed by atoms with van der Waals surface area (Å²) in [5.74, 6) is 0.341. The molecule has 1 aromatic rings. The second-order valence-electron chi connectivity index (χ2n) is 6.59. The van der Waals surface area contributed by atoms with Crippen LogP contribution in [0, 0.1) is 0 Å². The molecular formula is C21H30N2O2. The Bertz CT molecular complexity index is 569. The van der Waals surface area contributed by atoms with E-state index >= 15 is 0 Å². The number of carbonyl (C=O) groups excluding carboxylic acids is 2. The Morgan fingerprint density at radius 2 is 2.00 bits per heavy atom. The summed E-state index contributed by atoms with van der Waals surface area (Å²) in [6.45, 7) is 4.81. The molecule has 0 saturated carbocycles. The molecule has 2 amide bonds. The lowest BCUT2D eigenvalue weighted by molar-refractivity contribution is -0.133. The van der Waals surface area contributed by atoms with Gasteiger partial charge in [0.15, 0.2) is 0 Å². The quantitative estimate of drug-likeness (QED) is 0.722. The van der Waals surface area contributed by atoms with Crippen molar-refractivity contribution >= 4 is 17.9 Å². The first-order valence-electron chi connectivity index (χ1n) is 9.48. The lowest BCUT2D eigenvalue weighted by Crippen LogP contribution is -2.37. The van der Waals surface area contributed by atoms with Gasteiger partial charge in [-0.25, -0.2) is 0 Å². The molecule has 0 aromatic heterocycles. The van der Waals surface area contributed by atoms with Crippen molar-refractivity contribution in [3.8, 4) is 0 Å². The van der Waals surface area contributed by atoms with E-state index in [-0.39, 0.29) is 11.8 Å². The predicted molar refractivity (Wildman–Crippen MR) is 102 cm³/mol. The molecule has 0 atom stereocenters. The van der Waals surface area contributed by atoms with E-state index in [1.807, 2.05) is 52.3 Å². The van der Waals surface area contributed by atoms with Gasteiger partial charge < -0.3 is 9.80 Å². The molecule has 1 aliphatic heterocycles. The molecule has 2 rings (SSSR count). The summed E-state index contributed by atoms with van der Waals surface area (Å²) < 4.78 is 0. The van der Waals surface area contributed by atoms with E-state index in [1.54, 1.807) is 0 Å². The number of hydrogen-bond donors (Lipinski definition) is 0. The van der Waals surface area contributed by atoms with Crippen LogP contribution in [-0.2, 0) is 9.59 Å². The fourth-order valence-electron chi connectivity index (χ4n) is 3.13. The van der Waals surface area contributed by atoms with Crippen LogP contribution in [0.1, 0.15) is 51.0 Å². The molecule has 1 fully saturated rings. The number of amides is 2. The highest BCUT2D eigenvalue weighted by Crippen LogP contribution is 2.12. The summed E-state index contributed by atoms with van der Waals surface area (Å²) in [4.78, 5) is 28.4. The number of nitrogens with zero attached hydrogens (tertiary/aromatic N) is 2. The van der Waals surface area contributed by atoms with Crippen molar-refractivity contribution in [1.82, 2.24) is 9.80 Å². The van der Waals surface area contributed by atoms with Gasteiger partial charge in [-0.1, -0.05) is 55.8 Å². The average Bonchev–Trinajstić information content (AvgIpc) is 2.84. The highest BCUT2D eigenvalue weighted by molar-refractivity contribution is 5.79. The molecule has 0 radical (unpaired) electrons. The Balaban J connectivity index is 1.84. The van der Waals surface area contributed by atoms with Crippen LogP contribution in [-0.4, -0.2) is 47.8 Å². The minimum atomic E-state index is 0.136. The second-order valence-corrected chi connectivity index (χ2v) is 6.59. The third kappa shape index (κ3) is 6.73. The van der Waals surface area contributed by atoms with Gasteiger partial charge in [-0.2, -0.15) is 0 Å². The van der Waals surface area contributed by atoms with Gasteiger partial charge in [-0.15, -0.1) is 0 Å². The fourth-order valence-corrected chi connectivity index (χ4v) is 3.13. The first kappa shape index (κ1) is 19.2. The number of rotatable bonds is 8. The largest absolute Gasteiger partial charge is 0.342 e. The van der Waals surface area contributed by atoms with Gasteiger partial charge in [0, 0.05) is 39.0 Å². The van der Waals surface area contributed by atoms with E-state index in [4.69, 9.17) is 0 Å². The molecule has 4 nitrogen and oxygen atoms in total. The SMILES string of the molecule is CCCN(C/C=C/c1ccccc1)C(=O)CCN1CCCCCC1=O. The molecule has 0 aliphatic carbocycles. The molecule has 1 aliphatic rings. The van der Waals surface area contributed by atoms with Gasteiger partial charge in [0.2, 0.25) is 11.8 Å². The Kier molecular flexibility index (Phi) is 8.23. The van der Waals surface area contributed by atoms with Crippen molar-refractivity contribution in [3.05, 3.63) is 42.0 Å². The monoisotopic (exact) mass is 342 g/mol. The van der Waals surface area contributed by atoms with Gasteiger partial charge in [-0.05, 0) is 24.8 Å². The third-order valence-corrected chi connectivity index (χ3v) is 4.55. The Morgan fingerprint density at radius 1 is 1.20 bits per heavy atom. The summed E-state index contributed by atoms with van der Waals surface area (Å²) in [6.07, 6.45) is 9.23. The maximum absolute atomic E-state index is 12.6. The van der Waals surface area contributed by atoms with Crippen molar-refractivity contribution in [3.63, 3.8) is 0 Å². The minimum absolute atomic E-state index is 0.136. The summed E-state index contributed by atoms with van der Waals surface area (Å²) in [5, 5.41) is 0. The Hall–Kier alpha value is -2.10. The van der Waals surface area contributed by atoms with E-state index < -0.39 is 0 Å². The molecule has 25 heavy (non-hydrogen) atoms. The molecule has 1 aromatic carbocycles. The molecule has 0 N–H and O–H groups in total. The number of benzene rings is 1. The van der Waals surface area contributed by atoms with Crippen LogP contribution in [0.15, 0.2) is 36.4 Å². The lowest BCUT2D eigenvalue weighted by Gasteiger charge is -2.24. The molecule has 0 unspecified atom stereocenters. The van der Waals surface area contributed by atoms with Gasteiger partial charge in [0.05, 0.1) is 0 Å². The number of carbonyl (C=O) groups is 2. The first-order chi connectivity index (χ1) is 12.2. The smallest absolute Gasteiger partial charge is 0.224 e. The van der Waals surface area contributed by atoms with Gasteiger partial charge >= 0.3 is 0 Å². The highest BCUT2D eigenvalue weighted by atomic mass is 16.2. The van der Waals surface area contributed by atoms with E-state index in [0.717, 1.165) is 44.3 Å². The van der Waals surface area contributed by atoms with Gasteiger partial charge in [-0.3, -0.25) is 9.59 Å². The molecule has 1 heterocycles. The molecule has 136 valence electrons. The number of hydrogen-bond acceptors (Lipinski definition) is 2. The average molecular weight is 342 g/mol. The van der Waals surface area contributed by atoms with Crippen molar-refractivity contribution < 1.29 is 9.59 Å². The zero-order valence-electron chi connectivity index (χ0n) is 15.3. The molecule has 0 spiro atoms.